The van der Waals surface area contributed by atoms with E-state index in [1.165, 1.54) is 27.1 Å². The fourth-order valence-corrected chi connectivity index (χ4v) is 2.18. The van der Waals surface area contributed by atoms with E-state index in [9.17, 15) is 0 Å². The van der Waals surface area contributed by atoms with Gasteiger partial charge in [0, 0.05) is 0 Å². The molecule has 1 radical (unpaired) electrons. The van der Waals surface area contributed by atoms with Crippen LogP contribution in [-0.4, -0.2) is 0 Å². The van der Waals surface area contributed by atoms with Gasteiger partial charge >= 0.3 is 0 Å². The van der Waals surface area contributed by atoms with E-state index >= 15 is 0 Å². The summed E-state index contributed by atoms with van der Waals surface area (Å²) in [6, 6.07) is 20.2. The molecule has 0 aliphatic carbocycles. The molecule has 0 aliphatic heterocycles. The minimum Gasteiger partial charge on any atom is -0.0614 e. The molecule has 0 heterocycles. The maximum atomic E-state index is 3.27. The van der Waals surface area contributed by atoms with Crippen LogP contribution in [0.5, 0.6) is 0 Å². The maximum absolute atomic E-state index is 3.27. The van der Waals surface area contributed by atoms with Gasteiger partial charge in [0.2, 0.25) is 0 Å². The van der Waals surface area contributed by atoms with E-state index < -0.39 is 0 Å². The van der Waals surface area contributed by atoms with Crippen molar-refractivity contribution in [1.29, 1.82) is 0 Å². The first-order valence-corrected chi connectivity index (χ1v) is 5.15. The van der Waals surface area contributed by atoms with Crippen molar-refractivity contribution in [2.45, 2.75) is 6.92 Å². The molecule has 0 unspecified atom stereocenters. The Labute approximate surface area is 89.2 Å². The lowest BCUT2D eigenvalue weighted by atomic mass is 9.99. The predicted molar refractivity (Wildman–Crippen MR) is 65.0 cm³/mol. The number of fused-ring (bicyclic) bond motifs is 3. The third kappa shape index (κ3) is 1.22. The van der Waals surface area contributed by atoms with Crippen molar-refractivity contribution in [2.75, 3.05) is 0 Å². The Hall–Kier alpha value is -1.82. The number of benzene rings is 3. The fraction of sp³-hybridized carbons (Fsp3) is 0.0667. The van der Waals surface area contributed by atoms with Gasteiger partial charge in [-0.25, -0.2) is 0 Å². The molecule has 0 spiro atoms. The van der Waals surface area contributed by atoms with E-state index in [1.54, 1.807) is 0 Å². The fourth-order valence-electron chi connectivity index (χ4n) is 2.18. The lowest BCUT2D eigenvalue weighted by Gasteiger charge is -2.05. The van der Waals surface area contributed by atoms with Crippen LogP contribution in [0, 0.1) is 13.0 Å². The molecule has 0 saturated carbocycles. The van der Waals surface area contributed by atoms with Crippen molar-refractivity contribution in [3.05, 3.63) is 60.2 Å². The number of rotatable bonds is 0. The van der Waals surface area contributed by atoms with Gasteiger partial charge in [-0.05, 0) is 40.1 Å². The highest BCUT2D eigenvalue weighted by Gasteiger charge is 2.01. The van der Waals surface area contributed by atoms with Crippen LogP contribution in [0.1, 0.15) is 5.56 Å². The molecule has 0 bridgehead atoms. The van der Waals surface area contributed by atoms with Crippen LogP contribution in [0.25, 0.3) is 21.5 Å². The van der Waals surface area contributed by atoms with E-state index in [1.807, 2.05) is 12.1 Å². The van der Waals surface area contributed by atoms with Crippen LogP contribution < -0.4 is 0 Å². The molecule has 0 fully saturated rings. The SMILES string of the molecule is Cc1cccc2ccc3[c]cccc3c12. The predicted octanol–water partition coefficient (Wildman–Crippen LogP) is 4.10. The first-order valence-electron chi connectivity index (χ1n) is 5.15. The Morgan fingerprint density at radius 2 is 1.87 bits per heavy atom. The monoisotopic (exact) mass is 191 g/mol. The third-order valence-corrected chi connectivity index (χ3v) is 2.89. The molecular weight excluding hydrogens is 180 g/mol. The van der Waals surface area contributed by atoms with E-state index in [4.69, 9.17) is 0 Å². The molecule has 0 atom stereocenters. The van der Waals surface area contributed by atoms with Gasteiger partial charge in [-0.3, -0.25) is 0 Å². The van der Waals surface area contributed by atoms with Gasteiger partial charge < -0.3 is 0 Å². The van der Waals surface area contributed by atoms with Crippen LogP contribution in [0.4, 0.5) is 0 Å². The van der Waals surface area contributed by atoms with E-state index in [0.717, 1.165) is 0 Å². The molecule has 0 aromatic heterocycles. The quantitative estimate of drug-likeness (QED) is 0.469. The molecule has 0 nitrogen and oxygen atoms in total. The highest BCUT2D eigenvalue weighted by atomic mass is 14.0. The summed E-state index contributed by atoms with van der Waals surface area (Å²) in [6.45, 7) is 2.16. The minimum atomic E-state index is 1.19. The average Bonchev–Trinajstić information content (AvgIpc) is 2.29. The summed E-state index contributed by atoms with van der Waals surface area (Å²) in [4.78, 5) is 0. The molecule has 0 amide bonds. The van der Waals surface area contributed by atoms with Crippen molar-refractivity contribution >= 4 is 21.5 Å². The summed E-state index contributed by atoms with van der Waals surface area (Å²) in [5.74, 6) is 0. The normalized spacial score (nSPS) is 11.0. The Bertz CT molecular complexity index is 636. The summed E-state index contributed by atoms with van der Waals surface area (Å²) in [7, 11) is 0. The van der Waals surface area contributed by atoms with Gasteiger partial charge in [0.05, 0.1) is 0 Å². The Morgan fingerprint density at radius 1 is 0.933 bits per heavy atom. The maximum Gasteiger partial charge on any atom is -0.00759 e. The molecule has 71 valence electrons. The van der Waals surface area contributed by atoms with Crippen LogP contribution in [0.15, 0.2) is 48.5 Å². The zero-order valence-corrected chi connectivity index (χ0v) is 8.62. The van der Waals surface area contributed by atoms with Crippen LogP contribution in [0.3, 0.4) is 0 Å². The molecule has 0 heteroatoms. The van der Waals surface area contributed by atoms with Gasteiger partial charge in [-0.15, -0.1) is 0 Å². The first kappa shape index (κ1) is 8.49. The topological polar surface area (TPSA) is 0 Å². The second-order valence-corrected chi connectivity index (χ2v) is 3.87. The highest BCUT2D eigenvalue weighted by molar-refractivity contribution is 6.08. The summed E-state index contributed by atoms with van der Waals surface area (Å²) < 4.78 is 0. The molecule has 0 saturated heterocycles. The van der Waals surface area contributed by atoms with Crippen molar-refractivity contribution in [3.8, 4) is 0 Å². The molecule has 15 heavy (non-hydrogen) atoms. The Kier molecular flexibility index (Phi) is 1.75. The van der Waals surface area contributed by atoms with E-state index in [-0.39, 0.29) is 0 Å². The molecular formula is C15H11. The number of hydrogen-bond acceptors (Lipinski definition) is 0. The first-order chi connectivity index (χ1) is 7.36. The lowest BCUT2D eigenvalue weighted by Crippen LogP contribution is -1.80. The zero-order valence-electron chi connectivity index (χ0n) is 8.62. The minimum absolute atomic E-state index is 1.19. The molecule has 3 aromatic carbocycles. The van der Waals surface area contributed by atoms with Crippen molar-refractivity contribution in [2.24, 2.45) is 0 Å². The summed E-state index contributed by atoms with van der Waals surface area (Å²) in [6.07, 6.45) is 0. The standard InChI is InChI=1S/C15H11/c1-11-5-4-7-13-10-9-12-6-2-3-8-14(12)15(11)13/h2-5,7-10H,1H3. The highest BCUT2D eigenvalue weighted by Crippen LogP contribution is 2.27. The van der Waals surface area contributed by atoms with Gasteiger partial charge in [-0.2, -0.15) is 0 Å². The van der Waals surface area contributed by atoms with E-state index in [2.05, 4.69) is 49.4 Å². The van der Waals surface area contributed by atoms with Crippen LogP contribution in [-0.2, 0) is 0 Å². The molecule has 0 N–H and O–H groups in total. The summed E-state index contributed by atoms with van der Waals surface area (Å²) in [5.41, 5.74) is 1.33. The average molecular weight is 191 g/mol. The molecule has 3 rings (SSSR count). The molecule has 3 aromatic rings. The second kappa shape index (κ2) is 3.09. The Balaban J connectivity index is 2.64. The molecule has 0 aliphatic rings. The number of hydrogen-bond donors (Lipinski definition) is 0. The third-order valence-electron chi connectivity index (χ3n) is 2.89. The summed E-state index contributed by atoms with van der Waals surface area (Å²) >= 11 is 0. The van der Waals surface area contributed by atoms with Crippen molar-refractivity contribution in [3.63, 3.8) is 0 Å². The van der Waals surface area contributed by atoms with Gasteiger partial charge in [0.25, 0.3) is 0 Å². The Morgan fingerprint density at radius 3 is 2.80 bits per heavy atom. The van der Waals surface area contributed by atoms with E-state index in [0.29, 0.717) is 0 Å². The largest absolute Gasteiger partial charge is 0.0614 e. The number of aryl methyl sites for hydroxylation is 1. The van der Waals surface area contributed by atoms with Crippen LogP contribution >= 0.6 is 0 Å². The van der Waals surface area contributed by atoms with Crippen LogP contribution in [0.2, 0.25) is 0 Å². The lowest BCUT2D eigenvalue weighted by molar-refractivity contribution is 1.54. The smallest absolute Gasteiger partial charge is 0.00759 e. The summed E-state index contributed by atoms with van der Waals surface area (Å²) in [5, 5.41) is 5.15. The van der Waals surface area contributed by atoms with Crippen molar-refractivity contribution in [1.82, 2.24) is 0 Å². The van der Waals surface area contributed by atoms with Gasteiger partial charge in [-0.1, -0.05) is 48.5 Å². The van der Waals surface area contributed by atoms with Gasteiger partial charge in [0.1, 0.15) is 0 Å². The van der Waals surface area contributed by atoms with Crippen molar-refractivity contribution < 1.29 is 0 Å². The zero-order chi connectivity index (χ0) is 10.3. The van der Waals surface area contributed by atoms with Gasteiger partial charge in [0.15, 0.2) is 0 Å². The second-order valence-electron chi connectivity index (χ2n) is 3.87.